The van der Waals surface area contributed by atoms with Crippen LogP contribution in [-0.2, 0) is 6.42 Å². The van der Waals surface area contributed by atoms with Crippen molar-refractivity contribution in [1.29, 1.82) is 0 Å². The zero-order chi connectivity index (χ0) is 14.8. The van der Waals surface area contributed by atoms with Crippen molar-refractivity contribution in [1.82, 2.24) is 15.1 Å². The number of hydrogen-bond donors (Lipinski definition) is 1. The number of rotatable bonds is 5. The average molecular weight is 277 g/mol. The number of hydrogen-bond acceptors (Lipinski definition) is 2. The summed E-state index contributed by atoms with van der Waals surface area (Å²) >= 11 is 0. The van der Waals surface area contributed by atoms with Gasteiger partial charge >= 0.3 is 0 Å². The molecule has 1 heterocycles. The summed E-state index contributed by atoms with van der Waals surface area (Å²) in [7, 11) is 2.10. The lowest BCUT2D eigenvalue weighted by atomic mass is 9.70. The van der Waals surface area contributed by atoms with Crippen LogP contribution < -0.4 is 5.32 Å². The van der Waals surface area contributed by atoms with Gasteiger partial charge in [-0.1, -0.05) is 13.8 Å². The molecule has 0 radical (unpaired) electrons. The molecule has 3 nitrogen and oxygen atoms in total. The average Bonchev–Trinajstić information content (AvgIpc) is 2.85. The van der Waals surface area contributed by atoms with Gasteiger partial charge in [-0.05, 0) is 64.0 Å². The molecule has 1 fully saturated rings. The SMILES string of the molecule is CNC(Cc1ccn(C(C)C)n1)C1CCC(C)(C)CC1. The third-order valence-electron chi connectivity index (χ3n) is 4.95. The lowest BCUT2D eigenvalue weighted by Gasteiger charge is -2.37. The first-order chi connectivity index (χ1) is 9.41. The Bertz CT molecular complexity index is 410. The molecule has 1 unspecified atom stereocenters. The Hall–Kier alpha value is -0.830. The van der Waals surface area contributed by atoms with Gasteiger partial charge in [-0.25, -0.2) is 0 Å². The van der Waals surface area contributed by atoms with Gasteiger partial charge in [-0.3, -0.25) is 4.68 Å². The minimum absolute atomic E-state index is 0.451. The van der Waals surface area contributed by atoms with E-state index < -0.39 is 0 Å². The van der Waals surface area contributed by atoms with Crippen molar-refractivity contribution in [3.05, 3.63) is 18.0 Å². The third kappa shape index (κ3) is 3.85. The highest BCUT2D eigenvalue weighted by atomic mass is 15.3. The molecule has 1 N–H and O–H groups in total. The van der Waals surface area contributed by atoms with Crippen molar-refractivity contribution in [2.45, 2.75) is 71.9 Å². The summed E-state index contributed by atoms with van der Waals surface area (Å²) in [4.78, 5) is 0. The zero-order valence-corrected chi connectivity index (χ0v) is 13.8. The van der Waals surface area contributed by atoms with Gasteiger partial charge in [-0.15, -0.1) is 0 Å². The lowest BCUT2D eigenvalue weighted by Crippen LogP contribution is -2.39. The van der Waals surface area contributed by atoms with Gasteiger partial charge in [0.15, 0.2) is 0 Å². The maximum absolute atomic E-state index is 4.70. The molecule has 0 aliphatic heterocycles. The number of nitrogens with zero attached hydrogens (tertiary/aromatic N) is 2. The van der Waals surface area contributed by atoms with Crippen LogP contribution in [0.1, 0.15) is 65.1 Å². The molecule has 1 atom stereocenters. The van der Waals surface area contributed by atoms with Gasteiger partial charge in [0.2, 0.25) is 0 Å². The fourth-order valence-corrected chi connectivity index (χ4v) is 3.33. The van der Waals surface area contributed by atoms with E-state index in [1.54, 1.807) is 0 Å². The van der Waals surface area contributed by atoms with Gasteiger partial charge in [0.1, 0.15) is 0 Å². The fourth-order valence-electron chi connectivity index (χ4n) is 3.33. The van der Waals surface area contributed by atoms with E-state index in [0.29, 0.717) is 17.5 Å². The van der Waals surface area contributed by atoms with Crippen LogP contribution in [0, 0.1) is 11.3 Å². The van der Waals surface area contributed by atoms with Gasteiger partial charge in [0.05, 0.1) is 5.69 Å². The summed E-state index contributed by atoms with van der Waals surface area (Å²) in [6.45, 7) is 9.16. The van der Waals surface area contributed by atoms with Crippen LogP contribution in [0.5, 0.6) is 0 Å². The van der Waals surface area contributed by atoms with Gasteiger partial charge in [-0.2, -0.15) is 5.10 Å². The van der Waals surface area contributed by atoms with E-state index in [1.165, 1.54) is 31.4 Å². The van der Waals surface area contributed by atoms with E-state index >= 15 is 0 Å². The molecule has 1 saturated carbocycles. The highest BCUT2D eigenvalue weighted by Crippen LogP contribution is 2.39. The van der Waals surface area contributed by atoms with Crippen molar-refractivity contribution in [3.8, 4) is 0 Å². The topological polar surface area (TPSA) is 29.9 Å². The minimum Gasteiger partial charge on any atom is -0.316 e. The third-order valence-corrected chi connectivity index (χ3v) is 4.95. The highest BCUT2D eigenvalue weighted by Gasteiger charge is 2.31. The van der Waals surface area contributed by atoms with Gasteiger partial charge in [0.25, 0.3) is 0 Å². The zero-order valence-electron chi connectivity index (χ0n) is 13.8. The molecule has 20 heavy (non-hydrogen) atoms. The van der Waals surface area contributed by atoms with Crippen molar-refractivity contribution >= 4 is 0 Å². The molecule has 0 bridgehead atoms. The number of nitrogens with one attached hydrogen (secondary N) is 1. The van der Waals surface area contributed by atoms with Crippen LogP contribution in [0.2, 0.25) is 0 Å². The van der Waals surface area contributed by atoms with E-state index in [-0.39, 0.29) is 0 Å². The molecule has 1 aromatic heterocycles. The largest absolute Gasteiger partial charge is 0.316 e. The fraction of sp³-hybridized carbons (Fsp3) is 0.824. The number of aromatic nitrogens is 2. The first-order valence-corrected chi connectivity index (χ1v) is 8.12. The van der Waals surface area contributed by atoms with Crippen LogP contribution in [0.4, 0.5) is 0 Å². The summed E-state index contributed by atoms with van der Waals surface area (Å²) in [6, 6.07) is 3.20. The Morgan fingerprint density at radius 3 is 2.50 bits per heavy atom. The van der Waals surface area contributed by atoms with E-state index in [0.717, 1.165) is 12.3 Å². The van der Waals surface area contributed by atoms with Crippen LogP contribution in [0.25, 0.3) is 0 Å². The van der Waals surface area contributed by atoms with Crippen molar-refractivity contribution in [3.63, 3.8) is 0 Å². The van der Waals surface area contributed by atoms with Crippen LogP contribution in [0.3, 0.4) is 0 Å². The van der Waals surface area contributed by atoms with E-state index in [2.05, 4.69) is 57.0 Å². The van der Waals surface area contributed by atoms with E-state index in [9.17, 15) is 0 Å². The molecule has 2 rings (SSSR count). The molecular weight excluding hydrogens is 246 g/mol. The molecular formula is C17H31N3. The second kappa shape index (κ2) is 6.30. The quantitative estimate of drug-likeness (QED) is 0.887. The summed E-state index contributed by atoms with van der Waals surface area (Å²) in [5, 5.41) is 8.23. The number of likely N-dealkylation sites (N-methyl/N-ethyl adjacent to an activating group) is 1. The predicted molar refractivity (Wildman–Crippen MR) is 84.9 cm³/mol. The summed E-state index contributed by atoms with van der Waals surface area (Å²) in [6.07, 6.45) is 8.58. The normalized spacial score (nSPS) is 21.3. The Balaban J connectivity index is 1.95. The molecule has 0 aromatic carbocycles. The maximum Gasteiger partial charge on any atom is 0.0640 e. The summed E-state index contributed by atoms with van der Waals surface area (Å²) in [5.41, 5.74) is 1.77. The lowest BCUT2D eigenvalue weighted by molar-refractivity contribution is 0.163. The van der Waals surface area contributed by atoms with Crippen molar-refractivity contribution < 1.29 is 0 Å². The monoisotopic (exact) mass is 277 g/mol. The van der Waals surface area contributed by atoms with Crippen molar-refractivity contribution in [2.75, 3.05) is 7.05 Å². The van der Waals surface area contributed by atoms with Crippen LogP contribution in [0.15, 0.2) is 12.3 Å². The molecule has 114 valence electrons. The van der Waals surface area contributed by atoms with Gasteiger partial charge < -0.3 is 5.32 Å². The molecule has 1 aliphatic carbocycles. The highest BCUT2D eigenvalue weighted by molar-refractivity contribution is 5.03. The summed E-state index contributed by atoms with van der Waals surface area (Å²) in [5.74, 6) is 0.803. The molecule has 0 amide bonds. The molecule has 1 aliphatic rings. The van der Waals surface area contributed by atoms with Crippen LogP contribution >= 0.6 is 0 Å². The van der Waals surface area contributed by atoms with Crippen molar-refractivity contribution in [2.24, 2.45) is 11.3 Å². The smallest absolute Gasteiger partial charge is 0.0640 e. The standard InChI is InChI=1S/C17H31N3/c1-13(2)20-11-8-15(19-20)12-16(18-5)14-6-9-17(3,4)10-7-14/h8,11,13-14,16,18H,6-7,9-10,12H2,1-5H3. The Morgan fingerprint density at radius 2 is 2.00 bits per heavy atom. The first-order valence-electron chi connectivity index (χ1n) is 8.12. The maximum atomic E-state index is 4.70. The van der Waals surface area contributed by atoms with Crippen LogP contribution in [-0.4, -0.2) is 22.9 Å². The molecule has 3 heteroatoms. The summed E-state index contributed by atoms with van der Waals surface area (Å²) < 4.78 is 2.06. The molecule has 0 spiro atoms. The second-order valence-electron chi connectivity index (χ2n) is 7.48. The molecule has 0 saturated heterocycles. The van der Waals surface area contributed by atoms with E-state index in [1.807, 2.05) is 0 Å². The molecule has 1 aromatic rings. The van der Waals surface area contributed by atoms with Gasteiger partial charge in [0, 0.05) is 24.7 Å². The Morgan fingerprint density at radius 1 is 1.35 bits per heavy atom. The first kappa shape index (κ1) is 15.6. The minimum atomic E-state index is 0.451. The second-order valence-corrected chi connectivity index (χ2v) is 7.48. The van der Waals surface area contributed by atoms with E-state index in [4.69, 9.17) is 5.10 Å². The Labute approximate surface area is 124 Å². The Kier molecular flexibility index (Phi) is 4.90. The predicted octanol–water partition coefficient (Wildman–Crippen LogP) is 3.81.